The van der Waals surface area contributed by atoms with E-state index in [4.69, 9.17) is 0 Å². The van der Waals surface area contributed by atoms with Crippen molar-refractivity contribution in [2.24, 2.45) is 5.92 Å². The summed E-state index contributed by atoms with van der Waals surface area (Å²) in [4.78, 5) is 2.29. The lowest BCUT2D eigenvalue weighted by atomic mass is 10.1. The third-order valence-electron chi connectivity index (χ3n) is 2.75. The zero-order valence-corrected chi connectivity index (χ0v) is 8.40. The number of rotatable bonds is 3. The minimum Gasteiger partial charge on any atom is -0.309 e. The summed E-state index contributed by atoms with van der Waals surface area (Å²) in [7, 11) is 4.31. The van der Waals surface area contributed by atoms with Crippen LogP contribution in [0.15, 0.2) is 30.3 Å². The van der Waals surface area contributed by atoms with Gasteiger partial charge in [-0.2, -0.15) is 0 Å². The predicted molar refractivity (Wildman–Crippen MR) is 55.8 cm³/mol. The minimum absolute atomic E-state index is 0.837. The molecular weight excluding hydrogens is 158 g/mol. The van der Waals surface area contributed by atoms with Crippen LogP contribution in [0.2, 0.25) is 0 Å². The first-order chi connectivity index (χ1) is 6.27. The number of hydrogen-bond donors (Lipinski definition) is 0. The van der Waals surface area contributed by atoms with Gasteiger partial charge in [0.05, 0.1) is 0 Å². The van der Waals surface area contributed by atoms with Crippen molar-refractivity contribution in [1.82, 2.24) is 4.90 Å². The van der Waals surface area contributed by atoms with E-state index in [1.54, 1.807) is 0 Å². The molecule has 2 rings (SSSR count). The Morgan fingerprint density at radius 1 is 1.23 bits per heavy atom. The Morgan fingerprint density at radius 3 is 2.54 bits per heavy atom. The Hall–Kier alpha value is -0.820. The molecule has 0 amide bonds. The SMILES string of the molecule is CN(C)C[C@H]1C[C@@H]1c1ccccc1. The summed E-state index contributed by atoms with van der Waals surface area (Å²) in [6.45, 7) is 1.24. The highest BCUT2D eigenvalue weighted by Gasteiger charge is 2.37. The second-order valence-electron chi connectivity index (χ2n) is 4.28. The van der Waals surface area contributed by atoms with Crippen LogP contribution in [0.1, 0.15) is 17.9 Å². The van der Waals surface area contributed by atoms with Crippen LogP contribution in [0.4, 0.5) is 0 Å². The van der Waals surface area contributed by atoms with Gasteiger partial charge in [0.15, 0.2) is 0 Å². The molecule has 0 aromatic heterocycles. The Morgan fingerprint density at radius 2 is 1.92 bits per heavy atom. The quantitative estimate of drug-likeness (QED) is 0.681. The molecule has 0 N–H and O–H groups in total. The van der Waals surface area contributed by atoms with Crippen LogP contribution in [-0.2, 0) is 0 Å². The minimum atomic E-state index is 0.837. The zero-order chi connectivity index (χ0) is 9.26. The fourth-order valence-corrected chi connectivity index (χ4v) is 2.03. The van der Waals surface area contributed by atoms with Gasteiger partial charge in [-0.25, -0.2) is 0 Å². The van der Waals surface area contributed by atoms with Gasteiger partial charge in [-0.3, -0.25) is 0 Å². The Bertz CT molecular complexity index is 266. The van der Waals surface area contributed by atoms with Crippen LogP contribution >= 0.6 is 0 Å². The van der Waals surface area contributed by atoms with Gasteiger partial charge in [0, 0.05) is 6.54 Å². The lowest BCUT2D eigenvalue weighted by Crippen LogP contribution is -2.15. The third kappa shape index (κ3) is 2.10. The van der Waals surface area contributed by atoms with Gasteiger partial charge in [-0.15, -0.1) is 0 Å². The molecular formula is C12H17N. The summed E-state index contributed by atoms with van der Waals surface area (Å²) in [5.74, 6) is 1.74. The number of hydrogen-bond acceptors (Lipinski definition) is 1. The Kier molecular flexibility index (Phi) is 2.36. The first-order valence-corrected chi connectivity index (χ1v) is 4.97. The van der Waals surface area contributed by atoms with Crippen molar-refractivity contribution in [3.05, 3.63) is 35.9 Å². The van der Waals surface area contributed by atoms with E-state index in [1.165, 1.54) is 18.5 Å². The van der Waals surface area contributed by atoms with Gasteiger partial charge < -0.3 is 4.90 Å². The van der Waals surface area contributed by atoms with Crippen molar-refractivity contribution in [3.63, 3.8) is 0 Å². The molecule has 1 aromatic carbocycles. The van der Waals surface area contributed by atoms with E-state index in [0.29, 0.717) is 0 Å². The molecule has 0 bridgehead atoms. The average Bonchev–Trinajstić information content (AvgIpc) is 2.84. The van der Waals surface area contributed by atoms with Gasteiger partial charge in [0.1, 0.15) is 0 Å². The summed E-state index contributed by atoms with van der Waals surface area (Å²) in [6, 6.07) is 10.9. The van der Waals surface area contributed by atoms with Crippen molar-refractivity contribution in [2.45, 2.75) is 12.3 Å². The van der Waals surface area contributed by atoms with E-state index < -0.39 is 0 Å². The molecule has 1 fully saturated rings. The first-order valence-electron chi connectivity index (χ1n) is 4.97. The van der Waals surface area contributed by atoms with Crippen molar-refractivity contribution in [3.8, 4) is 0 Å². The molecule has 2 atom stereocenters. The normalized spacial score (nSPS) is 26.4. The fraction of sp³-hybridized carbons (Fsp3) is 0.500. The van der Waals surface area contributed by atoms with Gasteiger partial charge in [0.2, 0.25) is 0 Å². The van der Waals surface area contributed by atoms with E-state index in [0.717, 1.165) is 11.8 Å². The van der Waals surface area contributed by atoms with Crippen molar-refractivity contribution >= 4 is 0 Å². The molecule has 0 radical (unpaired) electrons. The molecule has 1 nitrogen and oxygen atoms in total. The Labute approximate surface area is 80.4 Å². The molecule has 0 saturated heterocycles. The standard InChI is InChI=1S/C12H17N/c1-13(2)9-11-8-12(11)10-6-4-3-5-7-10/h3-7,11-12H,8-9H2,1-2H3/t11-,12-/m1/s1. The molecule has 1 saturated carbocycles. The molecule has 1 heteroatoms. The smallest absolute Gasteiger partial charge is 0.000963 e. The molecule has 13 heavy (non-hydrogen) atoms. The van der Waals surface area contributed by atoms with Crippen molar-refractivity contribution in [2.75, 3.05) is 20.6 Å². The molecule has 0 aliphatic heterocycles. The number of benzene rings is 1. The molecule has 70 valence electrons. The zero-order valence-electron chi connectivity index (χ0n) is 8.40. The highest BCUT2D eigenvalue weighted by molar-refractivity contribution is 5.25. The van der Waals surface area contributed by atoms with Crippen molar-refractivity contribution < 1.29 is 0 Å². The molecule has 0 heterocycles. The monoisotopic (exact) mass is 175 g/mol. The number of nitrogens with zero attached hydrogens (tertiary/aromatic N) is 1. The molecule has 1 aromatic rings. The van der Waals surface area contributed by atoms with E-state index in [9.17, 15) is 0 Å². The fourth-order valence-electron chi connectivity index (χ4n) is 2.03. The lowest BCUT2D eigenvalue weighted by Gasteiger charge is -2.08. The second kappa shape index (κ2) is 3.51. The van der Waals surface area contributed by atoms with E-state index in [1.807, 2.05) is 0 Å². The summed E-state index contributed by atoms with van der Waals surface area (Å²) < 4.78 is 0. The van der Waals surface area contributed by atoms with Crippen LogP contribution in [0, 0.1) is 5.92 Å². The lowest BCUT2D eigenvalue weighted by molar-refractivity contribution is 0.385. The Balaban J connectivity index is 1.93. The first kappa shape index (κ1) is 8.76. The third-order valence-corrected chi connectivity index (χ3v) is 2.75. The van der Waals surface area contributed by atoms with E-state index in [-0.39, 0.29) is 0 Å². The van der Waals surface area contributed by atoms with E-state index >= 15 is 0 Å². The van der Waals surface area contributed by atoms with E-state index in [2.05, 4.69) is 49.3 Å². The topological polar surface area (TPSA) is 3.24 Å². The maximum atomic E-state index is 2.29. The van der Waals surface area contributed by atoms with Crippen LogP contribution in [0.3, 0.4) is 0 Å². The highest BCUT2D eigenvalue weighted by Crippen LogP contribution is 2.47. The molecule has 0 spiro atoms. The summed E-state index contributed by atoms with van der Waals surface area (Å²) in [5.41, 5.74) is 1.52. The van der Waals surface area contributed by atoms with Crippen molar-refractivity contribution in [1.29, 1.82) is 0 Å². The average molecular weight is 175 g/mol. The van der Waals surface area contributed by atoms with Gasteiger partial charge in [0.25, 0.3) is 0 Å². The molecule has 1 aliphatic carbocycles. The largest absolute Gasteiger partial charge is 0.309 e. The maximum absolute atomic E-state index is 2.29. The van der Waals surface area contributed by atoms with Gasteiger partial charge in [-0.1, -0.05) is 30.3 Å². The maximum Gasteiger partial charge on any atom is 0.000963 e. The molecule has 1 aliphatic rings. The highest BCUT2D eigenvalue weighted by atomic mass is 15.1. The predicted octanol–water partition coefficient (Wildman–Crippen LogP) is 2.35. The summed E-state index contributed by atoms with van der Waals surface area (Å²) >= 11 is 0. The van der Waals surface area contributed by atoms with Gasteiger partial charge in [-0.05, 0) is 37.9 Å². The van der Waals surface area contributed by atoms with Gasteiger partial charge >= 0.3 is 0 Å². The second-order valence-corrected chi connectivity index (χ2v) is 4.28. The summed E-state index contributed by atoms with van der Waals surface area (Å²) in [5, 5.41) is 0. The van der Waals surface area contributed by atoms with Crippen LogP contribution in [-0.4, -0.2) is 25.5 Å². The van der Waals surface area contributed by atoms with Crippen LogP contribution in [0.25, 0.3) is 0 Å². The molecule has 0 unspecified atom stereocenters. The van der Waals surface area contributed by atoms with Crippen LogP contribution in [0.5, 0.6) is 0 Å². The summed E-state index contributed by atoms with van der Waals surface area (Å²) in [6.07, 6.45) is 1.38. The van der Waals surface area contributed by atoms with Crippen LogP contribution < -0.4 is 0 Å².